The molecular formula is C9H10N2O. The largest absolute Gasteiger partial charge is 0.462 e. The van der Waals surface area contributed by atoms with Gasteiger partial charge in [0.15, 0.2) is 5.76 Å². The van der Waals surface area contributed by atoms with Crippen molar-refractivity contribution >= 4 is 0 Å². The number of aromatic nitrogens is 2. The average Bonchev–Trinajstić information content (AvgIpc) is 2.59. The number of hydrogen-bond donors (Lipinski definition) is 0. The van der Waals surface area contributed by atoms with Crippen molar-refractivity contribution in [2.24, 2.45) is 7.05 Å². The zero-order valence-electron chi connectivity index (χ0n) is 7.11. The first kappa shape index (κ1) is 7.16. The molecule has 0 aliphatic carbocycles. The number of imidazole rings is 1. The first-order chi connectivity index (χ1) is 5.79. The molecule has 2 rings (SSSR count). The van der Waals surface area contributed by atoms with Gasteiger partial charge in [0, 0.05) is 7.05 Å². The van der Waals surface area contributed by atoms with Crippen LogP contribution in [-0.4, -0.2) is 9.55 Å². The minimum atomic E-state index is 0.898. The van der Waals surface area contributed by atoms with Crippen molar-refractivity contribution in [3.05, 3.63) is 30.4 Å². The maximum absolute atomic E-state index is 5.33. The van der Waals surface area contributed by atoms with Gasteiger partial charge in [0.05, 0.1) is 18.8 Å². The van der Waals surface area contributed by atoms with E-state index in [1.165, 1.54) is 0 Å². The highest BCUT2D eigenvalue weighted by Gasteiger charge is 2.07. The molecule has 0 unspecified atom stereocenters. The van der Waals surface area contributed by atoms with E-state index in [1.54, 1.807) is 18.8 Å². The molecule has 0 aliphatic rings. The molecule has 0 aliphatic heterocycles. The number of rotatable bonds is 1. The Hall–Kier alpha value is -1.51. The normalized spacial score (nSPS) is 10.5. The summed E-state index contributed by atoms with van der Waals surface area (Å²) in [7, 11) is 1.95. The van der Waals surface area contributed by atoms with Gasteiger partial charge in [-0.1, -0.05) is 0 Å². The van der Waals surface area contributed by atoms with E-state index in [2.05, 4.69) is 4.98 Å². The van der Waals surface area contributed by atoms with Gasteiger partial charge in [0.2, 0.25) is 0 Å². The second-order valence-electron chi connectivity index (χ2n) is 2.82. The van der Waals surface area contributed by atoms with E-state index < -0.39 is 0 Å². The molecule has 2 aromatic rings. The summed E-state index contributed by atoms with van der Waals surface area (Å²) in [5, 5.41) is 0. The molecule has 2 aromatic heterocycles. The predicted octanol–water partition coefficient (Wildman–Crippen LogP) is 1.99. The Morgan fingerprint density at radius 2 is 2.33 bits per heavy atom. The zero-order valence-corrected chi connectivity index (χ0v) is 7.11. The number of nitrogens with zero attached hydrogens (tertiary/aromatic N) is 2. The van der Waals surface area contributed by atoms with Gasteiger partial charge < -0.3 is 8.98 Å². The van der Waals surface area contributed by atoms with Gasteiger partial charge in [0.25, 0.3) is 0 Å². The highest BCUT2D eigenvalue weighted by Crippen LogP contribution is 2.22. The second-order valence-corrected chi connectivity index (χ2v) is 2.82. The molecule has 0 fully saturated rings. The minimum absolute atomic E-state index is 0.898. The zero-order chi connectivity index (χ0) is 8.55. The second kappa shape index (κ2) is 2.52. The van der Waals surface area contributed by atoms with E-state index in [0.717, 1.165) is 17.0 Å². The van der Waals surface area contributed by atoms with Crippen LogP contribution in [0.1, 0.15) is 5.56 Å². The highest BCUT2D eigenvalue weighted by molar-refractivity contribution is 5.55. The Labute approximate surface area is 70.7 Å². The van der Waals surface area contributed by atoms with Crippen LogP contribution in [-0.2, 0) is 7.05 Å². The van der Waals surface area contributed by atoms with E-state index >= 15 is 0 Å². The van der Waals surface area contributed by atoms with Crippen LogP contribution < -0.4 is 0 Å². The summed E-state index contributed by atoms with van der Waals surface area (Å²) in [4.78, 5) is 4.02. The highest BCUT2D eigenvalue weighted by atomic mass is 16.3. The molecule has 3 heteroatoms. The Kier molecular flexibility index (Phi) is 1.50. The van der Waals surface area contributed by atoms with Gasteiger partial charge in [-0.25, -0.2) is 4.98 Å². The van der Waals surface area contributed by atoms with Crippen LogP contribution in [0.15, 0.2) is 29.3 Å². The molecule has 12 heavy (non-hydrogen) atoms. The molecule has 0 saturated heterocycles. The molecule has 0 bridgehead atoms. The van der Waals surface area contributed by atoms with Gasteiger partial charge >= 0.3 is 0 Å². The molecule has 0 radical (unpaired) electrons. The van der Waals surface area contributed by atoms with Crippen LogP contribution in [0.2, 0.25) is 0 Å². The fourth-order valence-electron chi connectivity index (χ4n) is 1.21. The third-order valence-corrected chi connectivity index (χ3v) is 1.91. The average molecular weight is 162 g/mol. The molecule has 62 valence electrons. The first-order valence-corrected chi connectivity index (χ1v) is 3.80. The molecule has 0 spiro atoms. The van der Waals surface area contributed by atoms with Crippen LogP contribution >= 0.6 is 0 Å². The van der Waals surface area contributed by atoms with Crippen LogP contribution in [0, 0.1) is 6.92 Å². The lowest BCUT2D eigenvalue weighted by Gasteiger charge is -1.98. The molecule has 0 aromatic carbocycles. The lowest BCUT2D eigenvalue weighted by Crippen LogP contribution is -1.88. The monoisotopic (exact) mass is 162 g/mol. The number of hydrogen-bond acceptors (Lipinski definition) is 2. The maximum Gasteiger partial charge on any atom is 0.154 e. The van der Waals surface area contributed by atoms with Crippen molar-refractivity contribution in [3.8, 4) is 11.5 Å². The van der Waals surface area contributed by atoms with E-state index in [1.807, 2.05) is 24.6 Å². The van der Waals surface area contributed by atoms with E-state index in [-0.39, 0.29) is 0 Å². The Morgan fingerprint density at radius 3 is 2.83 bits per heavy atom. The summed E-state index contributed by atoms with van der Waals surface area (Å²) < 4.78 is 7.26. The summed E-state index contributed by atoms with van der Waals surface area (Å²) in [5.41, 5.74) is 2.15. The summed E-state index contributed by atoms with van der Waals surface area (Å²) in [6, 6.07) is 1.95. The van der Waals surface area contributed by atoms with Crippen LogP contribution in [0.3, 0.4) is 0 Å². The fraction of sp³-hybridized carbons (Fsp3) is 0.222. The molecule has 0 amide bonds. The van der Waals surface area contributed by atoms with Gasteiger partial charge in [-0.05, 0) is 18.6 Å². The fourth-order valence-corrected chi connectivity index (χ4v) is 1.21. The molecule has 3 nitrogen and oxygen atoms in total. The van der Waals surface area contributed by atoms with Crippen LogP contribution in [0.5, 0.6) is 0 Å². The first-order valence-electron chi connectivity index (χ1n) is 3.80. The SMILES string of the molecule is Cc1ccoc1-c1cncn1C. The van der Waals surface area contributed by atoms with E-state index in [0.29, 0.717) is 0 Å². The Morgan fingerprint density at radius 1 is 1.50 bits per heavy atom. The standard InChI is InChI=1S/C9H10N2O/c1-7-3-4-12-9(7)8-5-10-6-11(8)2/h3-6H,1-2H3. The van der Waals surface area contributed by atoms with Crippen molar-refractivity contribution < 1.29 is 4.42 Å². The number of aryl methyl sites for hydroxylation is 2. The van der Waals surface area contributed by atoms with Crippen molar-refractivity contribution in [2.45, 2.75) is 6.92 Å². The predicted molar refractivity (Wildman–Crippen MR) is 45.6 cm³/mol. The van der Waals surface area contributed by atoms with E-state index in [4.69, 9.17) is 4.42 Å². The molecule has 0 saturated carbocycles. The lowest BCUT2D eigenvalue weighted by molar-refractivity contribution is 0.575. The number of furan rings is 1. The van der Waals surface area contributed by atoms with Crippen LogP contribution in [0.4, 0.5) is 0 Å². The van der Waals surface area contributed by atoms with Crippen molar-refractivity contribution in [3.63, 3.8) is 0 Å². The van der Waals surface area contributed by atoms with Gasteiger partial charge in [0.1, 0.15) is 5.69 Å². The quantitative estimate of drug-likeness (QED) is 0.642. The van der Waals surface area contributed by atoms with Crippen molar-refractivity contribution in [1.29, 1.82) is 0 Å². The van der Waals surface area contributed by atoms with Crippen LogP contribution in [0.25, 0.3) is 11.5 Å². The van der Waals surface area contributed by atoms with Gasteiger partial charge in [-0.2, -0.15) is 0 Å². The summed E-state index contributed by atoms with van der Waals surface area (Å²) in [6.07, 6.45) is 5.25. The third-order valence-electron chi connectivity index (χ3n) is 1.91. The Bertz CT molecular complexity index is 348. The van der Waals surface area contributed by atoms with E-state index in [9.17, 15) is 0 Å². The minimum Gasteiger partial charge on any atom is -0.462 e. The van der Waals surface area contributed by atoms with Crippen molar-refractivity contribution in [1.82, 2.24) is 9.55 Å². The topological polar surface area (TPSA) is 31.0 Å². The Balaban J connectivity index is 2.57. The molecule has 0 N–H and O–H groups in total. The summed E-state index contributed by atoms with van der Waals surface area (Å²) in [5.74, 6) is 0.898. The van der Waals surface area contributed by atoms with Crippen molar-refractivity contribution in [2.75, 3.05) is 0 Å². The molecular weight excluding hydrogens is 152 g/mol. The third kappa shape index (κ3) is 0.942. The molecule has 2 heterocycles. The summed E-state index contributed by atoms with van der Waals surface area (Å²) in [6.45, 7) is 2.02. The lowest BCUT2D eigenvalue weighted by atomic mass is 10.2. The van der Waals surface area contributed by atoms with Gasteiger partial charge in [-0.3, -0.25) is 0 Å². The van der Waals surface area contributed by atoms with Gasteiger partial charge in [-0.15, -0.1) is 0 Å². The smallest absolute Gasteiger partial charge is 0.154 e. The summed E-state index contributed by atoms with van der Waals surface area (Å²) >= 11 is 0. The maximum atomic E-state index is 5.33. The molecule has 0 atom stereocenters.